The first-order chi connectivity index (χ1) is 11.2. The topological polar surface area (TPSA) is 62.6 Å². The second kappa shape index (κ2) is 6.80. The van der Waals surface area contributed by atoms with Gasteiger partial charge in [0.2, 0.25) is 0 Å². The van der Waals surface area contributed by atoms with Gasteiger partial charge in [0, 0.05) is 12.7 Å². The molecule has 0 N–H and O–H groups in total. The smallest absolute Gasteiger partial charge is 0.262 e. The molecule has 1 atom stereocenters. The Kier molecular flexibility index (Phi) is 4.77. The molecule has 124 valence electrons. The minimum Gasteiger partial charge on any atom is -0.493 e. The third-order valence-corrected chi connectivity index (χ3v) is 4.69. The van der Waals surface area contributed by atoms with Crippen molar-refractivity contribution in [1.82, 2.24) is 9.55 Å². The zero-order valence-electron chi connectivity index (χ0n) is 13.5. The highest BCUT2D eigenvalue weighted by molar-refractivity contribution is 7.98. The van der Waals surface area contributed by atoms with Crippen LogP contribution in [0.1, 0.15) is 12.8 Å². The molecule has 0 saturated carbocycles. The molecule has 0 bridgehead atoms. The van der Waals surface area contributed by atoms with E-state index in [2.05, 4.69) is 4.98 Å². The van der Waals surface area contributed by atoms with E-state index in [0.717, 1.165) is 19.4 Å². The van der Waals surface area contributed by atoms with Crippen LogP contribution in [0.25, 0.3) is 10.9 Å². The van der Waals surface area contributed by atoms with Crippen molar-refractivity contribution in [2.45, 2.75) is 30.6 Å². The molecule has 23 heavy (non-hydrogen) atoms. The second-order valence-corrected chi connectivity index (χ2v) is 6.15. The molecule has 2 aromatic rings. The Bertz CT molecular complexity index is 769. The Morgan fingerprint density at radius 1 is 1.35 bits per heavy atom. The molecule has 6 nitrogen and oxygen atoms in total. The number of benzene rings is 1. The van der Waals surface area contributed by atoms with Gasteiger partial charge in [0.15, 0.2) is 16.7 Å². The van der Waals surface area contributed by atoms with Crippen molar-refractivity contribution in [3.63, 3.8) is 0 Å². The van der Waals surface area contributed by atoms with Gasteiger partial charge in [-0.3, -0.25) is 9.36 Å². The van der Waals surface area contributed by atoms with Crippen LogP contribution in [0.5, 0.6) is 11.5 Å². The summed E-state index contributed by atoms with van der Waals surface area (Å²) in [6.45, 7) is 1.30. The molecule has 1 aliphatic heterocycles. The molecular formula is C16H20N2O4S. The quantitative estimate of drug-likeness (QED) is 0.617. The maximum Gasteiger partial charge on any atom is 0.262 e. The van der Waals surface area contributed by atoms with E-state index in [1.54, 1.807) is 30.9 Å². The summed E-state index contributed by atoms with van der Waals surface area (Å²) < 4.78 is 18.0. The predicted octanol–water partition coefficient (Wildman–Crippen LogP) is 2.31. The Hall–Kier alpha value is -1.73. The highest BCUT2D eigenvalue weighted by Crippen LogP contribution is 2.31. The van der Waals surface area contributed by atoms with Crippen molar-refractivity contribution in [3.05, 3.63) is 22.5 Å². The van der Waals surface area contributed by atoms with E-state index >= 15 is 0 Å². The molecule has 1 saturated heterocycles. The summed E-state index contributed by atoms with van der Waals surface area (Å²) in [5, 5.41) is 1.21. The molecule has 2 heterocycles. The van der Waals surface area contributed by atoms with Crippen LogP contribution in [0.2, 0.25) is 0 Å². The maximum absolute atomic E-state index is 12.9. The SMILES string of the molecule is COc1cc2nc(SC)n(C[C@@H]3CCCO3)c(=O)c2cc1OC. The van der Waals surface area contributed by atoms with E-state index in [0.29, 0.717) is 34.1 Å². The zero-order valence-corrected chi connectivity index (χ0v) is 14.3. The van der Waals surface area contributed by atoms with Gasteiger partial charge in [0.25, 0.3) is 5.56 Å². The first-order valence-electron chi connectivity index (χ1n) is 7.50. The van der Waals surface area contributed by atoms with Crippen molar-refractivity contribution >= 4 is 22.7 Å². The van der Waals surface area contributed by atoms with E-state index in [4.69, 9.17) is 14.2 Å². The normalized spacial score (nSPS) is 17.6. The largest absolute Gasteiger partial charge is 0.493 e. The monoisotopic (exact) mass is 336 g/mol. The molecular weight excluding hydrogens is 316 g/mol. The molecule has 3 rings (SSSR count). The average molecular weight is 336 g/mol. The van der Waals surface area contributed by atoms with E-state index < -0.39 is 0 Å². The van der Waals surface area contributed by atoms with Gasteiger partial charge in [-0.2, -0.15) is 0 Å². The summed E-state index contributed by atoms with van der Waals surface area (Å²) in [4.78, 5) is 17.5. The van der Waals surface area contributed by atoms with Gasteiger partial charge < -0.3 is 14.2 Å². The highest BCUT2D eigenvalue weighted by atomic mass is 32.2. The van der Waals surface area contributed by atoms with Crippen LogP contribution in [-0.2, 0) is 11.3 Å². The molecule has 0 unspecified atom stereocenters. The number of methoxy groups -OCH3 is 2. The molecule has 1 aromatic heterocycles. The van der Waals surface area contributed by atoms with Gasteiger partial charge in [-0.1, -0.05) is 11.8 Å². The Morgan fingerprint density at radius 2 is 2.09 bits per heavy atom. The maximum atomic E-state index is 12.9. The summed E-state index contributed by atoms with van der Waals surface area (Å²) in [5.41, 5.74) is 0.538. The lowest BCUT2D eigenvalue weighted by Gasteiger charge is -2.16. The summed E-state index contributed by atoms with van der Waals surface area (Å²) in [5.74, 6) is 1.09. The molecule has 0 amide bonds. The zero-order chi connectivity index (χ0) is 16.4. The van der Waals surface area contributed by atoms with E-state index in [1.165, 1.54) is 11.8 Å². The third kappa shape index (κ3) is 3.03. The molecule has 1 aliphatic rings. The van der Waals surface area contributed by atoms with Crippen LogP contribution in [0.3, 0.4) is 0 Å². The van der Waals surface area contributed by atoms with Gasteiger partial charge in [-0.05, 0) is 25.2 Å². The number of rotatable bonds is 5. The third-order valence-electron chi connectivity index (χ3n) is 4.02. The number of hydrogen-bond acceptors (Lipinski definition) is 6. The average Bonchev–Trinajstić information content (AvgIpc) is 3.09. The fraction of sp³-hybridized carbons (Fsp3) is 0.500. The Balaban J connectivity index is 2.15. The minimum atomic E-state index is -0.0733. The number of nitrogens with zero attached hydrogens (tertiary/aromatic N) is 2. The summed E-state index contributed by atoms with van der Waals surface area (Å²) in [6.07, 6.45) is 4.02. The number of hydrogen-bond donors (Lipinski definition) is 0. The van der Waals surface area contributed by atoms with Gasteiger partial charge >= 0.3 is 0 Å². The van der Waals surface area contributed by atoms with E-state index in [1.807, 2.05) is 6.26 Å². The van der Waals surface area contributed by atoms with Crippen LogP contribution in [-0.4, -0.2) is 42.7 Å². The molecule has 7 heteroatoms. The van der Waals surface area contributed by atoms with Crippen LogP contribution in [0, 0.1) is 0 Å². The van der Waals surface area contributed by atoms with Crippen LogP contribution >= 0.6 is 11.8 Å². The van der Waals surface area contributed by atoms with E-state index in [9.17, 15) is 4.79 Å². The first-order valence-corrected chi connectivity index (χ1v) is 8.72. The predicted molar refractivity (Wildman–Crippen MR) is 89.9 cm³/mol. The van der Waals surface area contributed by atoms with Crippen molar-refractivity contribution in [2.75, 3.05) is 27.1 Å². The number of thioether (sulfide) groups is 1. The van der Waals surface area contributed by atoms with Crippen molar-refractivity contribution in [2.24, 2.45) is 0 Å². The second-order valence-electron chi connectivity index (χ2n) is 5.37. The summed E-state index contributed by atoms with van der Waals surface area (Å²) >= 11 is 1.46. The lowest BCUT2D eigenvalue weighted by molar-refractivity contribution is 0.0937. The molecule has 0 spiro atoms. The van der Waals surface area contributed by atoms with E-state index in [-0.39, 0.29) is 11.7 Å². The Labute approximate surface area is 138 Å². The molecule has 1 fully saturated rings. The van der Waals surface area contributed by atoms with Crippen molar-refractivity contribution in [3.8, 4) is 11.5 Å². The summed E-state index contributed by atoms with van der Waals surface area (Å²) in [7, 11) is 3.12. The van der Waals surface area contributed by atoms with Gasteiger partial charge in [-0.25, -0.2) is 4.98 Å². The highest BCUT2D eigenvalue weighted by Gasteiger charge is 2.20. The van der Waals surface area contributed by atoms with Crippen LogP contribution in [0.4, 0.5) is 0 Å². The number of aromatic nitrogens is 2. The number of fused-ring (bicyclic) bond motifs is 1. The molecule has 1 aromatic carbocycles. The Morgan fingerprint density at radius 3 is 2.70 bits per heavy atom. The van der Waals surface area contributed by atoms with Crippen LogP contribution in [0.15, 0.2) is 22.1 Å². The van der Waals surface area contributed by atoms with Crippen molar-refractivity contribution in [1.29, 1.82) is 0 Å². The van der Waals surface area contributed by atoms with Crippen LogP contribution < -0.4 is 15.0 Å². The summed E-state index contributed by atoms with van der Waals surface area (Å²) in [6, 6.07) is 3.44. The fourth-order valence-electron chi connectivity index (χ4n) is 2.84. The van der Waals surface area contributed by atoms with Gasteiger partial charge in [-0.15, -0.1) is 0 Å². The number of ether oxygens (including phenoxy) is 3. The van der Waals surface area contributed by atoms with Crippen molar-refractivity contribution < 1.29 is 14.2 Å². The molecule has 0 aliphatic carbocycles. The fourth-order valence-corrected chi connectivity index (χ4v) is 3.40. The molecule has 0 radical (unpaired) electrons. The first kappa shape index (κ1) is 16.1. The minimum absolute atomic E-state index is 0.0733. The standard InChI is InChI=1S/C16H20N2O4S/c1-20-13-7-11-12(8-14(13)21-2)17-16(23-3)18(15(11)19)9-10-5-4-6-22-10/h7-8,10H,4-6,9H2,1-3H3/t10-/m0/s1. The lowest BCUT2D eigenvalue weighted by atomic mass is 10.2. The lowest BCUT2D eigenvalue weighted by Crippen LogP contribution is -2.28. The van der Waals surface area contributed by atoms with Gasteiger partial charge in [0.05, 0.1) is 37.8 Å². The van der Waals surface area contributed by atoms with Gasteiger partial charge in [0.1, 0.15) is 0 Å².